The summed E-state index contributed by atoms with van der Waals surface area (Å²) in [5.74, 6) is -0.900. The molecule has 2 nitrogen and oxygen atoms in total. The van der Waals surface area contributed by atoms with Gasteiger partial charge in [-0.2, -0.15) is 0 Å². The van der Waals surface area contributed by atoms with Crippen LogP contribution in [-0.4, -0.2) is 5.91 Å². The summed E-state index contributed by atoms with van der Waals surface area (Å²) in [7, 11) is 0. The van der Waals surface area contributed by atoms with E-state index in [1.54, 1.807) is 24.3 Å². The molecule has 0 aliphatic carbocycles. The molecule has 98 valence electrons. The Labute approximate surface area is 136 Å². The zero-order valence-corrected chi connectivity index (χ0v) is 13.9. The predicted molar refractivity (Wildman–Crippen MR) is 86.2 cm³/mol. The van der Waals surface area contributed by atoms with Gasteiger partial charge in [-0.3, -0.25) is 4.79 Å². The number of nitrogens with one attached hydrogen (secondary N) is 1. The molecule has 2 rings (SSSR count). The highest BCUT2D eigenvalue weighted by molar-refractivity contribution is 14.1. The first kappa shape index (κ1) is 14.7. The fourth-order valence-electron chi connectivity index (χ4n) is 1.43. The van der Waals surface area contributed by atoms with Crippen molar-refractivity contribution in [3.8, 4) is 0 Å². The van der Waals surface area contributed by atoms with Crippen molar-refractivity contribution < 1.29 is 9.18 Å². The average molecular weight is 454 g/mol. The smallest absolute Gasteiger partial charge is 0.255 e. The van der Waals surface area contributed by atoms with Gasteiger partial charge in [-0.05, 0) is 59.0 Å². The Hall–Kier alpha value is -0.660. The molecule has 0 saturated carbocycles. The minimum atomic E-state index is -0.492. The van der Waals surface area contributed by atoms with Gasteiger partial charge in [-0.25, -0.2) is 4.39 Å². The van der Waals surface area contributed by atoms with Crippen molar-refractivity contribution in [1.29, 1.82) is 0 Å². The summed E-state index contributed by atoms with van der Waals surface area (Å²) in [6.45, 7) is 0. The van der Waals surface area contributed by atoms with Crippen molar-refractivity contribution >= 4 is 61.7 Å². The summed E-state index contributed by atoms with van der Waals surface area (Å²) >= 11 is 11.2. The second-order valence-corrected chi connectivity index (χ2v) is 6.19. The Balaban J connectivity index is 2.25. The molecule has 0 bridgehead atoms. The van der Waals surface area contributed by atoms with Gasteiger partial charge in [-0.15, -0.1) is 0 Å². The topological polar surface area (TPSA) is 29.1 Å². The predicted octanol–water partition coefficient (Wildman–Crippen LogP) is 5.10. The first-order valence-corrected chi connectivity index (χ1v) is 7.44. The lowest BCUT2D eigenvalue weighted by Gasteiger charge is -2.07. The van der Waals surface area contributed by atoms with Gasteiger partial charge < -0.3 is 5.32 Å². The van der Waals surface area contributed by atoms with Crippen molar-refractivity contribution in [2.75, 3.05) is 5.32 Å². The highest BCUT2D eigenvalue weighted by Gasteiger charge is 2.11. The molecule has 0 aliphatic rings. The van der Waals surface area contributed by atoms with E-state index in [1.807, 2.05) is 0 Å². The van der Waals surface area contributed by atoms with Crippen LogP contribution in [0.5, 0.6) is 0 Å². The molecule has 2 aromatic carbocycles. The molecule has 2 aromatic rings. The van der Waals surface area contributed by atoms with Crippen LogP contribution in [0, 0.1) is 9.39 Å². The van der Waals surface area contributed by atoms with Crippen molar-refractivity contribution in [2.45, 2.75) is 0 Å². The van der Waals surface area contributed by atoms with Crippen LogP contribution in [0.15, 0.2) is 40.9 Å². The fourth-order valence-corrected chi connectivity index (χ4v) is 2.30. The molecule has 0 aliphatic heterocycles. The number of hydrogen-bond donors (Lipinski definition) is 1. The number of carbonyl (C=O) groups excluding carboxylic acids is 1. The molecule has 0 fully saturated rings. The average Bonchev–Trinajstić information content (AvgIpc) is 2.37. The van der Waals surface area contributed by atoms with Crippen LogP contribution >= 0.6 is 50.1 Å². The van der Waals surface area contributed by atoms with Crippen LogP contribution < -0.4 is 5.32 Å². The molecule has 0 heterocycles. The Bertz CT molecular complexity index is 651. The Morgan fingerprint density at radius 3 is 2.68 bits per heavy atom. The summed E-state index contributed by atoms with van der Waals surface area (Å²) in [5.41, 5.74) is 0.499. The van der Waals surface area contributed by atoms with Crippen LogP contribution in [0.4, 0.5) is 10.1 Å². The first-order chi connectivity index (χ1) is 8.97. The van der Waals surface area contributed by atoms with Crippen molar-refractivity contribution in [3.63, 3.8) is 0 Å². The number of anilines is 1. The third kappa shape index (κ3) is 3.67. The molecule has 0 saturated heterocycles. The SMILES string of the molecule is O=C(Nc1cc(Br)ccc1F)c1ccc(I)c(Cl)c1. The molecule has 0 aromatic heterocycles. The van der Waals surface area contributed by atoms with Gasteiger partial charge in [0.25, 0.3) is 5.91 Å². The number of amides is 1. The lowest BCUT2D eigenvalue weighted by Crippen LogP contribution is -2.13. The zero-order valence-electron chi connectivity index (χ0n) is 9.38. The van der Waals surface area contributed by atoms with Crippen molar-refractivity contribution in [2.24, 2.45) is 0 Å². The maximum atomic E-state index is 13.5. The lowest BCUT2D eigenvalue weighted by atomic mass is 10.2. The number of benzene rings is 2. The molecule has 19 heavy (non-hydrogen) atoms. The number of rotatable bonds is 2. The van der Waals surface area contributed by atoms with Gasteiger partial charge >= 0.3 is 0 Å². The summed E-state index contributed by atoms with van der Waals surface area (Å²) in [5, 5.41) is 3.00. The van der Waals surface area contributed by atoms with Crippen molar-refractivity contribution in [3.05, 3.63) is 60.8 Å². The summed E-state index contributed by atoms with van der Waals surface area (Å²) in [6, 6.07) is 9.26. The van der Waals surface area contributed by atoms with Gasteiger partial charge in [0.05, 0.1) is 10.7 Å². The minimum absolute atomic E-state index is 0.119. The number of hydrogen-bond acceptors (Lipinski definition) is 1. The summed E-state index contributed by atoms with van der Waals surface area (Å²) in [4.78, 5) is 12.0. The summed E-state index contributed by atoms with van der Waals surface area (Å²) < 4.78 is 15.1. The Kier molecular flexibility index (Phi) is 4.81. The van der Waals surface area contributed by atoms with Crippen LogP contribution in [0.2, 0.25) is 5.02 Å². The molecular weight excluding hydrogens is 447 g/mol. The van der Waals surface area contributed by atoms with E-state index in [1.165, 1.54) is 12.1 Å². The summed E-state index contributed by atoms with van der Waals surface area (Å²) in [6.07, 6.45) is 0. The highest BCUT2D eigenvalue weighted by Crippen LogP contribution is 2.23. The van der Waals surface area contributed by atoms with E-state index >= 15 is 0 Å². The van der Waals surface area contributed by atoms with Gasteiger partial charge in [0.2, 0.25) is 0 Å². The second kappa shape index (κ2) is 6.19. The Morgan fingerprint density at radius 2 is 2.00 bits per heavy atom. The molecule has 1 amide bonds. The normalized spacial score (nSPS) is 10.3. The minimum Gasteiger partial charge on any atom is -0.319 e. The zero-order chi connectivity index (χ0) is 14.0. The molecule has 0 spiro atoms. The Morgan fingerprint density at radius 1 is 1.26 bits per heavy atom. The van der Waals surface area contributed by atoms with E-state index in [0.29, 0.717) is 15.1 Å². The second-order valence-electron chi connectivity index (χ2n) is 3.71. The third-order valence-corrected chi connectivity index (χ3v) is 4.42. The maximum Gasteiger partial charge on any atom is 0.255 e. The van der Waals surface area contributed by atoms with E-state index in [4.69, 9.17) is 11.6 Å². The van der Waals surface area contributed by atoms with Crippen LogP contribution in [0.1, 0.15) is 10.4 Å². The number of carbonyl (C=O) groups is 1. The largest absolute Gasteiger partial charge is 0.319 e. The van der Waals surface area contributed by atoms with Gasteiger partial charge in [-0.1, -0.05) is 27.5 Å². The molecule has 0 atom stereocenters. The highest BCUT2D eigenvalue weighted by atomic mass is 127. The quantitative estimate of drug-likeness (QED) is 0.629. The van der Waals surface area contributed by atoms with Gasteiger partial charge in [0.15, 0.2) is 0 Å². The van der Waals surface area contributed by atoms with E-state index < -0.39 is 11.7 Å². The maximum absolute atomic E-state index is 13.5. The lowest BCUT2D eigenvalue weighted by molar-refractivity contribution is 0.102. The van der Waals surface area contributed by atoms with Crippen LogP contribution in [0.25, 0.3) is 0 Å². The van der Waals surface area contributed by atoms with Crippen LogP contribution in [0.3, 0.4) is 0 Å². The fraction of sp³-hybridized carbons (Fsp3) is 0. The van der Waals surface area contributed by atoms with E-state index in [9.17, 15) is 9.18 Å². The monoisotopic (exact) mass is 453 g/mol. The van der Waals surface area contributed by atoms with Gasteiger partial charge in [0.1, 0.15) is 5.82 Å². The van der Waals surface area contributed by atoms with Crippen molar-refractivity contribution in [1.82, 2.24) is 0 Å². The molecule has 6 heteroatoms. The molecule has 1 N–H and O–H groups in total. The van der Waals surface area contributed by atoms with E-state index in [0.717, 1.165) is 3.57 Å². The molecular formula is C13H7BrClFINO. The molecule has 0 radical (unpaired) electrons. The van der Waals surface area contributed by atoms with E-state index in [2.05, 4.69) is 43.8 Å². The molecule has 0 unspecified atom stereocenters. The van der Waals surface area contributed by atoms with Gasteiger partial charge in [0, 0.05) is 13.6 Å². The van der Waals surface area contributed by atoms with Crippen LogP contribution in [-0.2, 0) is 0 Å². The first-order valence-electron chi connectivity index (χ1n) is 5.19. The third-order valence-electron chi connectivity index (χ3n) is 2.36. The number of halogens is 4. The van der Waals surface area contributed by atoms with E-state index in [-0.39, 0.29) is 5.69 Å². The standard InChI is InChI=1S/C13H7BrClFINO/c14-8-2-3-10(16)12(6-8)18-13(19)7-1-4-11(17)9(15)5-7/h1-6H,(H,18,19).